The molecule has 50 heavy (non-hydrogen) atoms. The number of aromatic nitrogens is 1. The highest BCUT2D eigenvalue weighted by Gasteiger charge is 2.12. The van der Waals surface area contributed by atoms with Gasteiger partial charge in [0.2, 0.25) is 0 Å². The van der Waals surface area contributed by atoms with Gasteiger partial charge in [0.05, 0.1) is 12.9 Å². The molecule has 1 aromatic heterocycles. The van der Waals surface area contributed by atoms with Gasteiger partial charge in [0.25, 0.3) is 6.43 Å². The minimum absolute atomic E-state index is 0.00578. The second-order valence-electron chi connectivity index (χ2n) is 11.4. The summed E-state index contributed by atoms with van der Waals surface area (Å²) in [6.07, 6.45) is 10.6. The summed E-state index contributed by atoms with van der Waals surface area (Å²) in [6, 6.07) is 11.1. The van der Waals surface area contributed by atoms with E-state index in [2.05, 4.69) is 75.2 Å². The molecule has 0 saturated heterocycles. The largest absolute Gasteiger partial charge is 0.481 e. The van der Waals surface area contributed by atoms with Crippen molar-refractivity contribution in [1.29, 1.82) is 0 Å². The Labute approximate surface area is 301 Å². The number of nitrogens with one attached hydrogen (secondary N) is 1. The molecule has 2 aromatic carbocycles. The summed E-state index contributed by atoms with van der Waals surface area (Å²) in [5.41, 5.74) is 3.82. The number of carboxylic acids is 1. The minimum atomic E-state index is -2.48. The third-order valence-electron chi connectivity index (χ3n) is 6.59. The van der Waals surface area contributed by atoms with Crippen molar-refractivity contribution in [3.63, 3.8) is 0 Å². The van der Waals surface area contributed by atoms with E-state index in [1.54, 1.807) is 35.6 Å². The molecule has 0 saturated carbocycles. The number of nitrogens with zero attached hydrogens (tertiary/aromatic N) is 2. The SMILES string of the molecule is CC.CC(C)C.CC\C=C/C(=C\C=C\CCN(CC)c1nc(-c2ccc(C(F)F)cc2)cs1)CCNc1ccc(CCC(=O)O)c(F)c1.CF. The number of aliphatic carboxylic acids is 1. The first kappa shape index (κ1) is 46.1. The van der Waals surface area contributed by atoms with Gasteiger partial charge < -0.3 is 15.3 Å². The number of alkyl halides is 3. The summed E-state index contributed by atoms with van der Waals surface area (Å²) in [4.78, 5) is 17.7. The summed E-state index contributed by atoms with van der Waals surface area (Å²) >= 11 is 1.55. The predicted molar refractivity (Wildman–Crippen MR) is 206 cm³/mol. The number of anilines is 2. The van der Waals surface area contributed by atoms with Crippen LogP contribution in [0.2, 0.25) is 0 Å². The average Bonchev–Trinajstić information content (AvgIpc) is 3.59. The summed E-state index contributed by atoms with van der Waals surface area (Å²) in [5, 5.41) is 14.9. The Hall–Kier alpha value is -3.92. The molecule has 3 rings (SSSR count). The van der Waals surface area contributed by atoms with Crippen molar-refractivity contribution in [2.45, 2.75) is 87.0 Å². The third kappa shape index (κ3) is 19.3. The van der Waals surface area contributed by atoms with E-state index in [-0.39, 0.29) is 18.4 Å². The van der Waals surface area contributed by atoms with Gasteiger partial charge in [-0.1, -0.05) is 102 Å². The molecule has 0 radical (unpaired) electrons. The first-order valence-electron chi connectivity index (χ1n) is 17.3. The highest BCUT2D eigenvalue weighted by Crippen LogP contribution is 2.29. The third-order valence-corrected chi connectivity index (χ3v) is 7.49. The Bertz CT molecular complexity index is 1420. The summed E-state index contributed by atoms with van der Waals surface area (Å²) in [6.45, 7) is 16.9. The van der Waals surface area contributed by atoms with Crippen LogP contribution >= 0.6 is 11.3 Å². The molecule has 0 aliphatic carbocycles. The smallest absolute Gasteiger partial charge is 0.303 e. The number of rotatable bonds is 17. The maximum Gasteiger partial charge on any atom is 0.303 e. The summed E-state index contributed by atoms with van der Waals surface area (Å²) < 4.78 is 49.5. The van der Waals surface area contributed by atoms with Crippen LogP contribution < -0.4 is 10.2 Å². The van der Waals surface area contributed by atoms with Crippen LogP contribution in [0.15, 0.2) is 83.8 Å². The van der Waals surface area contributed by atoms with Crippen molar-refractivity contribution < 1.29 is 27.5 Å². The number of benzene rings is 2. The molecule has 10 heteroatoms. The van der Waals surface area contributed by atoms with Crippen LogP contribution in [-0.2, 0) is 11.2 Å². The number of carboxylic acid groups (broad SMARTS) is 1. The van der Waals surface area contributed by atoms with Crippen LogP contribution in [-0.4, -0.2) is 42.9 Å². The zero-order chi connectivity index (χ0) is 37.9. The molecule has 0 spiro atoms. The van der Waals surface area contributed by atoms with Gasteiger partial charge in [-0.3, -0.25) is 9.18 Å². The molecule has 0 unspecified atom stereocenters. The summed E-state index contributed by atoms with van der Waals surface area (Å²) in [5.74, 6) is -0.509. The molecular weight excluding hydrogens is 663 g/mol. The fraction of sp³-hybridized carbons (Fsp3) is 0.450. The number of carbonyl (C=O) groups is 1. The Balaban J connectivity index is 0.00000275. The van der Waals surface area contributed by atoms with Gasteiger partial charge in [-0.2, -0.15) is 0 Å². The molecule has 0 bridgehead atoms. The van der Waals surface area contributed by atoms with Crippen molar-refractivity contribution in [1.82, 2.24) is 4.98 Å². The van der Waals surface area contributed by atoms with E-state index in [1.165, 1.54) is 18.2 Å². The molecule has 278 valence electrons. The fourth-order valence-corrected chi connectivity index (χ4v) is 5.12. The maximum atomic E-state index is 14.3. The zero-order valence-corrected chi connectivity index (χ0v) is 31.8. The van der Waals surface area contributed by atoms with E-state index >= 15 is 0 Å². The van der Waals surface area contributed by atoms with Gasteiger partial charge in [-0.15, -0.1) is 11.3 Å². The lowest BCUT2D eigenvalue weighted by Gasteiger charge is -2.18. The van der Waals surface area contributed by atoms with Crippen LogP contribution in [0.4, 0.5) is 28.4 Å². The molecule has 0 amide bonds. The number of halogens is 4. The van der Waals surface area contributed by atoms with Crippen molar-refractivity contribution in [2.75, 3.05) is 37.0 Å². The van der Waals surface area contributed by atoms with E-state index in [9.17, 15) is 22.4 Å². The standard InChI is InChI=1S/C33H38F3N3O2S.C4H10.C2H6.CH3F/c1-3-5-9-24(19-20-37-28-17-15-25(29(34)22-28)16-18-31(40)41)10-7-6-8-21-39(4-2)33-38-30(23-42-33)26-11-13-27(14-12-26)32(35)36;1-4(2)3;2*1-2/h5-7,9-15,17,22-23,32,37H,3-4,8,16,18-21H2,1-2H3,(H,40,41);4H,1-3H3;1-2H3;1H3/b7-6+,9-5-,24-10+;;;. The Morgan fingerprint density at radius 3 is 2.24 bits per heavy atom. The van der Waals surface area contributed by atoms with Crippen LogP contribution in [0.25, 0.3) is 11.3 Å². The van der Waals surface area contributed by atoms with Crippen LogP contribution in [0.1, 0.15) is 91.7 Å². The van der Waals surface area contributed by atoms with Crippen molar-refractivity contribution >= 4 is 28.1 Å². The highest BCUT2D eigenvalue weighted by atomic mass is 32.1. The Kier molecular flexibility index (Phi) is 25.7. The van der Waals surface area contributed by atoms with Crippen molar-refractivity contribution in [2.24, 2.45) is 5.92 Å². The second-order valence-corrected chi connectivity index (χ2v) is 12.2. The number of aryl methyl sites for hydroxylation is 1. The van der Waals surface area contributed by atoms with Crippen molar-refractivity contribution in [3.05, 3.63) is 101 Å². The van der Waals surface area contributed by atoms with E-state index in [0.29, 0.717) is 25.0 Å². The normalized spacial score (nSPS) is 11.1. The minimum Gasteiger partial charge on any atom is -0.481 e. The molecular formula is C40H57F4N3O2S. The molecule has 0 atom stereocenters. The van der Waals surface area contributed by atoms with E-state index in [4.69, 9.17) is 10.1 Å². The monoisotopic (exact) mass is 719 g/mol. The predicted octanol–water partition coefficient (Wildman–Crippen LogP) is 12.3. The molecule has 0 aliphatic rings. The van der Waals surface area contributed by atoms with E-state index < -0.39 is 18.2 Å². The van der Waals surface area contributed by atoms with Crippen molar-refractivity contribution in [3.8, 4) is 11.3 Å². The van der Waals surface area contributed by atoms with E-state index in [1.807, 2.05) is 19.2 Å². The summed E-state index contributed by atoms with van der Waals surface area (Å²) in [7, 11) is 0.500. The number of thiazole rings is 1. The van der Waals surface area contributed by atoms with Crippen LogP contribution in [0, 0.1) is 11.7 Å². The van der Waals surface area contributed by atoms with E-state index in [0.717, 1.165) is 60.2 Å². The Morgan fingerprint density at radius 1 is 1.02 bits per heavy atom. The first-order chi connectivity index (χ1) is 24.0. The molecule has 1 heterocycles. The zero-order valence-electron chi connectivity index (χ0n) is 31.0. The lowest BCUT2D eigenvalue weighted by Crippen LogP contribution is -2.23. The number of hydrogen-bond donors (Lipinski definition) is 2. The number of allylic oxidation sites excluding steroid dienone is 4. The second kappa shape index (κ2) is 27.9. The van der Waals surface area contributed by atoms with Crippen LogP contribution in [0.5, 0.6) is 0 Å². The topological polar surface area (TPSA) is 65.5 Å². The quantitative estimate of drug-likeness (QED) is 0.107. The highest BCUT2D eigenvalue weighted by molar-refractivity contribution is 7.14. The number of hydrogen-bond acceptors (Lipinski definition) is 5. The van der Waals surface area contributed by atoms with Crippen LogP contribution in [0.3, 0.4) is 0 Å². The molecule has 2 N–H and O–H groups in total. The van der Waals surface area contributed by atoms with Gasteiger partial charge in [0.15, 0.2) is 5.13 Å². The Morgan fingerprint density at radius 2 is 1.68 bits per heavy atom. The molecule has 5 nitrogen and oxygen atoms in total. The van der Waals surface area contributed by atoms with Gasteiger partial charge in [0, 0.05) is 48.2 Å². The lowest BCUT2D eigenvalue weighted by atomic mass is 10.1. The average molecular weight is 720 g/mol. The van der Waals surface area contributed by atoms with Gasteiger partial charge in [0.1, 0.15) is 5.82 Å². The maximum absolute atomic E-state index is 14.3. The lowest BCUT2D eigenvalue weighted by molar-refractivity contribution is -0.136. The van der Waals surface area contributed by atoms with Gasteiger partial charge >= 0.3 is 5.97 Å². The molecule has 0 aliphatic heterocycles. The van der Waals surface area contributed by atoms with Gasteiger partial charge in [-0.25, -0.2) is 18.2 Å². The van der Waals surface area contributed by atoms with Gasteiger partial charge in [-0.05, 0) is 61.8 Å². The molecule has 3 aromatic rings. The molecule has 0 fully saturated rings. The fourth-order valence-electron chi connectivity index (χ4n) is 4.19. The first-order valence-corrected chi connectivity index (χ1v) is 18.1.